The number of thioether (sulfide) groups is 1. The number of hydrogen-bond donors (Lipinski definition) is 0. The van der Waals surface area contributed by atoms with Crippen LogP contribution in [0.25, 0.3) is 0 Å². The summed E-state index contributed by atoms with van der Waals surface area (Å²) >= 11 is 4.50. The van der Waals surface area contributed by atoms with Crippen LogP contribution in [0.4, 0.5) is 0 Å². The Labute approximate surface area is 94.3 Å². The van der Waals surface area contributed by atoms with E-state index in [1.54, 1.807) is 11.3 Å². The highest BCUT2D eigenvalue weighted by Gasteiger charge is 2.03. The lowest BCUT2D eigenvalue weighted by molar-refractivity contribution is 0.306. The normalized spacial score (nSPS) is 10.4. The van der Waals surface area contributed by atoms with Gasteiger partial charge in [0.2, 0.25) is 5.16 Å². The number of ether oxygens (including phenoxy) is 1. The van der Waals surface area contributed by atoms with E-state index in [-0.39, 0.29) is 0 Å². The first-order chi connectivity index (χ1) is 6.88. The molecule has 0 saturated carbocycles. The van der Waals surface area contributed by atoms with Gasteiger partial charge in [0.25, 0.3) is 5.19 Å². The minimum atomic E-state index is 0.584. The third kappa shape index (κ3) is 2.46. The van der Waals surface area contributed by atoms with Gasteiger partial charge in [-0.1, -0.05) is 17.8 Å². The Morgan fingerprint density at radius 3 is 3.14 bits per heavy atom. The van der Waals surface area contributed by atoms with Crippen LogP contribution < -0.4 is 4.74 Å². The Hall–Kier alpha value is -0.590. The zero-order chi connectivity index (χ0) is 9.80. The van der Waals surface area contributed by atoms with E-state index in [0.29, 0.717) is 11.8 Å². The van der Waals surface area contributed by atoms with E-state index in [2.05, 4.69) is 9.36 Å². The van der Waals surface area contributed by atoms with Crippen LogP contribution in [0.5, 0.6) is 5.19 Å². The van der Waals surface area contributed by atoms with Crippen LogP contribution in [0.2, 0.25) is 0 Å². The maximum atomic E-state index is 5.47. The van der Waals surface area contributed by atoms with Crippen molar-refractivity contribution in [2.75, 3.05) is 6.26 Å². The van der Waals surface area contributed by atoms with Crippen molar-refractivity contribution < 1.29 is 4.74 Å². The molecule has 2 aromatic rings. The van der Waals surface area contributed by atoms with Crippen molar-refractivity contribution >= 4 is 34.6 Å². The predicted molar refractivity (Wildman–Crippen MR) is 60.3 cm³/mol. The van der Waals surface area contributed by atoms with E-state index >= 15 is 0 Å². The van der Waals surface area contributed by atoms with Gasteiger partial charge in [-0.15, -0.1) is 11.3 Å². The molecule has 0 bridgehead atoms. The first-order valence-corrected chi connectivity index (χ1v) is 6.79. The molecule has 0 spiro atoms. The van der Waals surface area contributed by atoms with Gasteiger partial charge in [-0.2, -0.15) is 9.36 Å². The zero-order valence-corrected chi connectivity index (χ0v) is 9.92. The van der Waals surface area contributed by atoms with Crippen molar-refractivity contribution in [3.8, 4) is 5.19 Å². The molecular formula is C8H8N2OS3. The van der Waals surface area contributed by atoms with Crippen LogP contribution in [-0.4, -0.2) is 15.6 Å². The molecule has 2 heterocycles. The summed E-state index contributed by atoms with van der Waals surface area (Å²) in [6.45, 7) is 0.584. The smallest absolute Gasteiger partial charge is 0.294 e. The van der Waals surface area contributed by atoms with Gasteiger partial charge in [-0.05, 0) is 17.7 Å². The van der Waals surface area contributed by atoms with Crippen LogP contribution in [0.15, 0.2) is 22.7 Å². The first kappa shape index (κ1) is 9.95. The van der Waals surface area contributed by atoms with E-state index in [1.807, 2.05) is 23.8 Å². The van der Waals surface area contributed by atoms with Crippen molar-refractivity contribution in [2.24, 2.45) is 0 Å². The predicted octanol–water partition coefficient (Wildman–Crippen LogP) is 2.90. The van der Waals surface area contributed by atoms with Crippen molar-refractivity contribution in [2.45, 2.75) is 11.8 Å². The summed E-state index contributed by atoms with van der Waals surface area (Å²) in [6.07, 6.45) is 1.95. The van der Waals surface area contributed by atoms with Gasteiger partial charge in [-0.3, -0.25) is 0 Å². The lowest BCUT2D eigenvalue weighted by atomic mass is 10.5. The third-order valence-electron chi connectivity index (χ3n) is 1.49. The van der Waals surface area contributed by atoms with Crippen LogP contribution in [0.1, 0.15) is 4.88 Å². The Kier molecular flexibility index (Phi) is 3.39. The van der Waals surface area contributed by atoms with Gasteiger partial charge < -0.3 is 4.74 Å². The van der Waals surface area contributed by atoms with Crippen LogP contribution in [0, 0.1) is 0 Å². The van der Waals surface area contributed by atoms with Crippen molar-refractivity contribution in [1.29, 1.82) is 0 Å². The maximum Gasteiger partial charge on any atom is 0.294 e. The molecule has 2 aromatic heterocycles. The Bertz CT molecular complexity index is 385. The number of rotatable bonds is 4. The van der Waals surface area contributed by atoms with E-state index in [0.717, 1.165) is 5.16 Å². The highest BCUT2D eigenvalue weighted by atomic mass is 32.2. The van der Waals surface area contributed by atoms with Gasteiger partial charge in [-0.25, -0.2) is 0 Å². The molecule has 74 valence electrons. The van der Waals surface area contributed by atoms with E-state index in [9.17, 15) is 0 Å². The van der Waals surface area contributed by atoms with Gasteiger partial charge in [0, 0.05) is 16.4 Å². The molecule has 0 atom stereocenters. The Balaban J connectivity index is 1.92. The second-order valence-electron chi connectivity index (χ2n) is 2.42. The maximum absolute atomic E-state index is 5.47. The second kappa shape index (κ2) is 4.77. The summed E-state index contributed by atoms with van der Waals surface area (Å²) in [7, 11) is 0. The minimum Gasteiger partial charge on any atom is -0.463 e. The summed E-state index contributed by atoms with van der Waals surface area (Å²) in [5.41, 5.74) is 0. The van der Waals surface area contributed by atoms with E-state index in [4.69, 9.17) is 4.74 Å². The summed E-state index contributed by atoms with van der Waals surface area (Å²) in [5.74, 6) is 0. The number of nitrogens with zero attached hydrogens (tertiary/aromatic N) is 2. The Morgan fingerprint density at radius 2 is 2.50 bits per heavy atom. The molecule has 14 heavy (non-hydrogen) atoms. The standard InChI is InChI=1S/C8H8N2OS3/c1-12-7-9-8(14-10-7)11-5-6-3-2-4-13-6/h2-4H,5H2,1H3. The zero-order valence-electron chi connectivity index (χ0n) is 7.47. The summed E-state index contributed by atoms with van der Waals surface area (Å²) in [6, 6.07) is 4.05. The van der Waals surface area contributed by atoms with Crippen LogP contribution in [0.3, 0.4) is 0 Å². The molecular weight excluding hydrogens is 236 g/mol. The summed E-state index contributed by atoms with van der Waals surface area (Å²) in [4.78, 5) is 5.38. The topological polar surface area (TPSA) is 35.0 Å². The quantitative estimate of drug-likeness (QED) is 0.775. The highest BCUT2D eigenvalue weighted by molar-refractivity contribution is 7.98. The molecule has 0 aliphatic heterocycles. The first-order valence-electron chi connectivity index (χ1n) is 3.91. The molecule has 0 amide bonds. The van der Waals surface area contributed by atoms with Crippen molar-refractivity contribution in [3.63, 3.8) is 0 Å². The van der Waals surface area contributed by atoms with Gasteiger partial charge in [0.1, 0.15) is 6.61 Å². The monoisotopic (exact) mass is 244 g/mol. The fourth-order valence-corrected chi connectivity index (χ4v) is 2.56. The summed E-state index contributed by atoms with van der Waals surface area (Å²) in [5, 5.41) is 3.45. The number of aromatic nitrogens is 2. The van der Waals surface area contributed by atoms with Crippen molar-refractivity contribution in [1.82, 2.24) is 9.36 Å². The Morgan fingerprint density at radius 1 is 1.57 bits per heavy atom. The molecule has 0 aliphatic rings. The molecule has 0 fully saturated rings. The third-order valence-corrected chi connectivity index (χ3v) is 3.63. The van der Waals surface area contributed by atoms with E-state index in [1.165, 1.54) is 28.2 Å². The second-order valence-corrected chi connectivity index (χ2v) is 4.94. The molecule has 3 nitrogen and oxygen atoms in total. The van der Waals surface area contributed by atoms with Gasteiger partial charge in [0.15, 0.2) is 0 Å². The average molecular weight is 244 g/mol. The van der Waals surface area contributed by atoms with E-state index < -0.39 is 0 Å². The number of hydrogen-bond acceptors (Lipinski definition) is 6. The molecule has 6 heteroatoms. The molecule has 0 aromatic carbocycles. The van der Waals surface area contributed by atoms with Crippen LogP contribution in [-0.2, 0) is 6.61 Å². The minimum absolute atomic E-state index is 0.584. The average Bonchev–Trinajstić information content (AvgIpc) is 2.86. The molecule has 0 N–H and O–H groups in total. The fraction of sp³-hybridized carbons (Fsp3) is 0.250. The number of thiophene rings is 1. The SMILES string of the molecule is CSc1nsc(OCc2cccs2)n1. The summed E-state index contributed by atoms with van der Waals surface area (Å²) < 4.78 is 9.58. The molecule has 0 aliphatic carbocycles. The lowest BCUT2D eigenvalue weighted by Crippen LogP contribution is -1.91. The molecule has 0 radical (unpaired) electrons. The fourth-order valence-electron chi connectivity index (χ4n) is 0.866. The highest BCUT2D eigenvalue weighted by Crippen LogP contribution is 2.21. The molecule has 2 rings (SSSR count). The largest absolute Gasteiger partial charge is 0.463 e. The lowest BCUT2D eigenvalue weighted by Gasteiger charge is -1.97. The van der Waals surface area contributed by atoms with Gasteiger partial charge in [0.05, 0.1) is 0 Å². The van der Waals surface area contributed by atoms with Crippen LogP contribution >= 0.6 is 34.6 Å². The molecule has 0 unspecified atom stereocenters. The van der Waals surface area contributed by atoms with Gasteiger partial charge >= 0.3 is 0 Å². The molecule has 0 saturated heterocycles. The van der Waals surface area contributed by atoms with Crippen molar-refractivity contribution in [3.05, 3.63) is 22.4 Å².